The molecule has 72 valence electrons. The van der Waals surface area contributed by atoms with E-state index < -0.39 is 0 Å². The van der Waals surface area contributed by atoms with Gasteiger partial charge in [-0.05, 0) is 17.7 Å². The number of hydrogen-bond acceptors (Lipinski definition) is 2. The highest BCUT2D eigenvalue weighted by Gasteiger charge is 1.94. The number of nitrogens with one attached hydrogen (secondary N) is 2. The van der Waals surface area contributed by atoms with Gasteiger partial charge in [-0.1, -0.05) is 23.7 Å². The van der Waals surface area contributed by atoms with Crippen molar-refractivity contribution >= 4 is 17.5 Å². The van der Waals surface area contributed by atoms with Crippen molar-refractivity contribution in [1.29, 1.82) is 0 Å². The van der Waals surface area contributed by atoms with Crippen LogP contribution in [-0.2, 0) is 6.54 Å². The number of halogens is 1. The summed E-state index contributed by atoms with van der Waals surface area (Å²) in [4.78, 5) is 7.03. The van der Waals surface area contributed by atoms with Crippen LogP contribution in [0.3, 0.4) is 0 Å². The summed E-state index contributed by atoms with van der Waals surface area (Å²) in [5, 5.41) is 3.91. The predicted octanol–water partition coefficient (Wildman–Crippen LogP) is 2.68. The van der Waals surface area contributed by atoms with E-state index in [1.165, 1.54) is 5.56 Å². The normalized spacial score (nSPS) is 10.1. The third-order valence-corrected chi connectivity index (χ3v) is 2.12. The Balaban J connectivity index is 1.95. The van der Waals surface area contributed by atoms with Gasteiger partial charge in [0.15, 0.2) is 5.95 Å². The van der Waals surface area contributed by atoms with Gasteiger partial charge in [-0.25, -0.2) is 4.98 Å². The van der Waals surface area contributed by atoms with Gasteiger partial charge >= 0.3 is 0 Å². The van der Waals surface area contributed by atoms with Gasteiger partial charge in [-0.2, -0.15) is 0 Å². The number of nitrogens with zero attached hydrogens (tertiary/aromatic N) is 1. The topological polar surface area (TPSA) is 40.7 Å². The zero-order chi connectivity index (χ0) is 9.80. The number of hydrogen-bond donors (Lipinski definition) is 2. The van der Waals surface area contributed by atoms with Gasteiger partial charge in [0.05, 0.1) is 0 Å². The summed E-state index contributed by atoms with van der Waals surface area (Å²) >= 11 is 5.77. The molecular formula is C10H10ClN3. The zero-order valence-electron chi connectivity index (χ0n) is 7.50. The third kappa shape index (κ3) is 2.26. The minimum Gasteiger partial charge on any atom is -0.352 e. The van der Waals surface area contributed by atoms with Crippen LogP contribution < -0.4 is 5.32 Å². The Hall–Kier alpha value is -1.48. The van der Waals surface area contributed by atoms with E-state index in [0.717, 1.165) is 17.5 Å². The van der Waals surface area contributed by atoms with Gasteiger partial charge in [0.25, 0.3) is 0 Å². The number of aromatic amines is 1. The summed E-state index contributed by atoms with van der Waals surface area (Å²) in [5.41, 5.74) is 1.17. The van der Waals surface area contributed by atoms with Crippen molar-refractivity contribution in [3.63, 3.8) is 0 Å². The maximum atomic E-state index is 5.77. The number of imidazole rings is 1. The van der Waals surface area contributed by atoms with Crippen LogP contribution in [0.25, 0.3) is 0 Å². The van der Waals surface area contributed by atoms with E-state index in [4.69, 9.17) is 11.6 Å². The molecule has 0 aliphatic heterocycles. The van der Waals surface area contributed by atoms with Crippen LogP contribution >= 0.6 is 11.6 Å². The van der Waals surface area contributed by atoms with Crippen LogP contribution in [0.5, 0.6) is 0 Å². The van der Waals surface area contributed by atoms with Gasteiger partial charge in [0, 0.05) is 24.0 Å². The fraction of sp³-hybridized carbons (Fsp3) is 0.100. The minimum atomic E-state index is 0.741. The quantitative estimate of drug-likeness (QED) is 0.813. The van der Waals surface area contributed by atoms with E-state index in [2.05, 4.69) is 15.3 Å². The highest BCUT2D eigenvalue weighted by atomic mass is 35.5. The molecule has 2 aromatic rings. The molecule has 0 radical (unpaired) electrons. The van der Waals surface area contributed by atoms with E-state index in [1.807, 2.05) is 24.3 Å². The second-order valence-corrected chi connectivity index (χ2v) is 3.35. The first kappa shape index (κ1) is 9.09. The number of aromatic nitrogens is 2. The van der Waals surface area contributed by atoms with Crippen LogP contribution in [0.15, 0.2) is 36.7 Å². The lowest BCUT2D eigenvalue weighted by Crippen LogP contribution is -2.00. The summed E-state index contributed by atoms with van der Waals surface area (Å²) in [6.45, 7) is 0.741. The average Bonchev–Trinajstić information content (AvgIpc) is 2.70. The molecule has 4 heteroatoms. The molecule has 3 nitrogen and oxygen atoms in total. The molecule has 0 saturated carbocycles. The molecule has 0 aliphatic carbocycles. The number of rotatable bonds is 3. The summed E-state index contributed by atoms with van der Waals surface area (Å²) in [5.74, 6) is 0.778. The Bertz CT molecular complexity index is 380. The van der Waals surface area contributed by atoms with Crippen molar-refractivity contribution in [2.24, 2.45) is 0 Å². The SMILES string of the molecule is Clc1ccc(CNc2ncc[nH]2)cc1. The lowest BCUT2D eigenvalue weighted by atomic mass is 10.2. The fourth-order valence-corrected chi connectivity index (χ4v) is 1.28. The van der Waals surface area contributed by atoms with Crippen LogP contribution in [0.1, 0.15) is 5.56 Å². The van der Waals surface area contributed by atoms with Crippen LogP contribution in [0, 0.1) is 0 Å². The molecular weight excluding hydrogens is 198 g/mol. The number of anilines is 1. The van der Waals surface area contributed by atoms with Crippen molar-refractivity contribution in [2.45, 2.75) is 6.54 Å². The molecule has 0 bridgehead atoms. The van der Waals surface area contributed by atoms with E-state index in [-0.39, 0.29) is 0 Å². The van der Waals surface area contributed by atoms with E-state index >= 15 is 0 Å². The smallest absolute Gasteiger partial charge is 0.200 e. The monoisotopic (exact) mass is 207 g/mol. The van der Waals surface area contributed by atoms with Crippen molar-refractivity contribution in [3.05, 3.63) is 47.2 Å². The van der Waals surface area contributed by atoms with Crippen molar-refractivity contribution < 1.29 is 0 Å². The standard InChI is InChI=1S/C10H10ClN3/c11-9-3-1-8(2-4-9)7-14-10-12-5-6-13-10/h1-6H,7H2,(H2,12,13,14). The highest BCUT2D eigenvalue weighted by molar-refractivity contribution is 6.30. The maximum Gasteiger partial charge on any atom is 0.200 e. The van der Waals surface area contributed by atoms with Crippen LogP contribution in [0.2, 0.25) is 5.02 Å². The van der Waals surface area contributed by atoms with Gasteiger partial charge in [0.2, 0.25) is 0 Å². The molecule has 1 heterocycles. The van der Waals surface area contributed by atoms with Gasteiger partial charge in [0.1, 0.15) is 0 Å². The lowest BCUT2D eigenvalue weighted by Gasteiger charge is -2.02. The molecule has 1 aromatic heterocycles. The first-order valence-electron chi connectivity index (χ1n) is 4.32. The Morgan fingerprint density at radius 1 is 1.29 bits per heavy atom. The molecule has 2 N–H and O–H groups in total. The molecule has 0 spiro atoms. The molecule has 0 atom stereocenters. The maximum absolute atomic E-state index is 5.77. The molecule has 1 aromatic carbocycles. The summed E-state index contributed by atoms with van der Waals surface area (Å²) in [7, 11) is 0. The first-order valence-corrected chi connectivity index (χ1v) is 4.70. The largest absolute Gasteiger partial charge is 0.352 e. The van der Waals surface area contributed by atoms with Crippen LogP contribution in [0.4, 0.5) is 5.95 Å². The molecule has 0 amide bonds. The zero-order valence-corrected chi connectivity index (χ0v) is 8.25. The second kappa shape index (κ2) is 4.15. The summed E-state index contributed by atoms with van der Waals surface area (Å²) in [6, 6.07) is 7.72. The number of H-pyrrole nitrogens is 1. The molecule has 2 rings (SSSR count). The molecule has 0 saturated heterocycles. The van der Waals surface area contributed by atoms with E-state index in [9.17, 15) is 0 Å². The predicted molar refractivity (Wildman–Crippen MR) is 57.4 cm³/mol. The van der Waals surface area contributed by atoms with Crippen molar-refractivity contribution in [1.82, 2.24) is 9.97 Å². The van der Waals surface area contributed by atoms with Crippen LogP contribution in [-0.4, -0.2) is 9.97 Å². The Morgan fingerprint density at radius 3 is 2.71 bits per heavy atom. The average molecular weight is 208 g/mol. The van der Waals surface area contributed by atoms with Gasteiger partial charge in [-0.15, -0.1) is 0 Å². The highest BCUT2D eigenvalue weighted by Crippen LogP contribution is 2.10. The summed E-state index contributed by atoms with van der Waals surface area (Å²) < 4.78 is 0. The van der Waals surface area contributed by atoms with Gasteiger partial charge in [-0.3, -0.25) is 0 Å². The molecule has 0 fully saturated rings. The third-order valence-electron chi connectivity index (χ3n) is 1.87. The van der Waals surface area contributed by atoms with Gasteiger partial charge < -0.3 is 10.3 Å². The number of benzene rings is 1. The minimum absolute atomic E-state index is 0.741. The second-order valence-electron chi connectivity index (χ2n) is 2.92. The van der Waals surface area contributed by atoms with Crippen molar-refractivity contribution in [2.75, 3.05) is 5.32 Å². The fourth-order valence-electron chi connectivity index (χ4n) is 1.15. The lowest BCUT2D eigenvalue weighted by molar-refractivity contribution is 1.09. The Labute approximate surface area is 87.1 Å². The molecule has 0 unspecified atom stereocenters. The first-order chi connectivity index (χ1) is 6.84. The summed E-state index contributed by atoms with van der Waals surface area (Å²) in [6.07, 6.45) is 3.49. The van der Waals surface area contributed by atoms with E-state index in [1.54, 1.807) is 12.4 Å². The molecule has 14 heavy (non-hydrogen) atoms. The van der Waals surface area contributed by atoms with E-state index in [0.29, 0.717) is 0 Å². The Morgan fingerprint density at radius 2 is 2.07 bits per heavy atom. The molecule has 0 aliphatic rings. The van der Waals surface area contributed by atoms with Crippen molar-refractivity contribution in [3.8, 4) is 0 Å². The Kier molecular flexibility index (Phi) is 2.70.